The molecule has 2 amide bonds. The van der Waals surface area contributed by atoms with Crippen molar-refractivity contribution in [2.24, 2.45) is 0 Å². The molecule has 3 aromatic rings. The molecule has 0 aliphatic heterocycles. The summed E-state index contributed by atoms with van der Waals surface area (Å²) in [4.78, 5) is 33.0. The maximum absolute atomic E-state index is 12.1. The maximum Gasteiger partial charge on any atom is 0.270 e. The van der Waals surface area contributed by atoms with Gasteiger partial charge in [-0.05, 0) is 12.1 Å². The molecule has 1 aromatic carbocycles. The molecular weight excluding hydrogens is 328 g/mol. The van der Waals surface area contributed by atoms with Gasteiger partial charge >= 0.3 is 0 Å². The number of aromatic nitrogens is 2. The lowest BCUT2D eigenvalue weighted by Gasteiger charge is -2.07. The van der Waals surface area contributed by atoms with Gasteiger partial charge in [-0.1, -0.05) is 36.1 Å². The van der Waals surface area contributed by atoms with Crippen molar-refractivity contribution in [3.63, 3.8) is 0 Å². The van der Waals surface area contributed by atoms with Crippen molar-refractivity contribution >= 4 is 33.6 Å². The van der Waals surface area contributed by atoms with Gasteiger partial charge in [-0.15, -0.1) is 12.8 Å². The summed E-state index contributed by atoms with van der Waals surface area (Å²) in [6.07, 6.45) is 10.3. The number of benzene rings is 1. The summed E-state index contributed by atoms with van der Waals surface area (Å²) in [7, 11) is 0. The fraction of sp³-hybridized carbons (Fsp3) is 0.100. The Kier molecular flexibility index (Phi) is 4.78. The van der Waals surface area contributed by atoms with E-state index in [1.54, 1.807) is 24.3 Å². The third-order valence-electron chi connectivity index (χ3n) is 3.69. The Balaban J connectivity index is 2.10. The number of pyridine rings is 2. The number of nitrogens with one attached hydrogen (secondary N) is 2. The molecule has 0 saturated carbocycles. The SMILES string of the molecule is C#CCNC(=O)c1ccc2ccc3ccc(C(=O)NCC#C)nc3c2n1. The minimum absolute atomic E-state index is 0.117. The molecule has 0 spiro atoms. The number of carbonyl (C=O) groups excluding carboxylic acids is 2. The van der Waals surface area contributed by atoms with E-state index < -0.39 is 0 Å². The molecule has 0 saturated heterocycles. The van der Waals surface area contributed by atoms with Gasteiger partial charge in [-0.3, -0.25) is 9.59 Å². The minimum atomic E-state index is -0.371. The van der Waals surface area contributed by atoms with Crippen molar-refractivity contribution in [2.75, 3.05) is 13.1 Å². The number of nitrogens with zero attached hydrogens (tertiary/aromatic N) is 2. The number of hydrogen-bond donors (Lipinski definition) is 2. The largest absolute Gasteiger partial charge is 0.340 e. The van der Waals surface area contributed by atoms with Crippen LogP contribution in [-0.2, 0) is 0 Å². The second-order valence-electron chi connectivity index (χ2n) is 5.38. The summed E-state index contributed by atoms with van der Waals surface area (Å²) in [5.41, 5.74) is 1.51. The Morgan fingerprint density at radius 3 is 1.54 bits per heavy atom. The van der Waals surface area contributed by atoms with Gasteiger partial charge in [0.25, 0.3) is 11.8 Å². The van der Waals surface area contributed by atoms with Crippen LogP contribution in [0.5, 0.6) is 0 Å². The van der Waals surface area contributed by atoms with Gasteiger partial charge in [-0.2, -0.15) is 0 Å². The number of hydrogen-bond acceptors (Lipinski definition) is 4. The van der Waals surface area contributed by atoms with Crippen molar-refractivity contribution < 1.29 is 9.59 Å². The van der Waals surface area contributed by atoms with Crippen LogP contribution in [0.25, 0.3) is 21.8 Å². The van der Waals surface area contributed by atoms with Gasteiger partial charge in [0.2, 0.25) is 0 Å². The van der Waals surface area contributed by atoms with Gasteiger partial charge in [0.05, 0.1) is 24.1 Å². The van der Waals surface area contributed by atoms with E-state index in [0.29, 0.717) is 11.0 Å². The normalized spacial score (nSPS) is 10.1. The van der Waals surface area contributed by atoms with Crippen LogP contribution in [-0.4, -0.2) is 34.9 Å². The zero-order valence-electron chi connectivity index (χ0n) is 13.7. The zero-order chi connectivity index (χ0) is 18.5. The van der Waals surface area contributed by atoms with Crippen molar-refractivity contribution in [1.29, 1.82) is 0 Å². The van der Waals surface area contributed by atoms with E-state index in [0.717, 1.165) is 10.8 Å². The Hall–Kier alpha value is -3.90. The number of rotatable bonds is 4. The second kappa shape index (κ2) is 7.33. The number of carbonyl (C=O) groups is 2. The van der Waals surface area contributed by atoms with Crippen LogP contribution in [0.3, 0.4) is 0 Å². The van der Waals surface area contributed by atoms with E-state index in [2.05, 4.69) is 32.4 Å². The fourth-order valence-corrected chi connectivity index (χ4v) is 2.46. The van der Waals surface area contributed by atoms with E-state index in [-0.39, 0.29) is 36.3 Å². The van der Waals surface area contributed by atoms with Gasteiger partial charge in [-0.25, -0.2) is 9.97 Å². The molecule has 2 heterocycles. The van der Waals surface area contributed by atoms with Gasteiger partial charge in [0.15, 0.2) is 0 Å². The summed E-state index contributed by atoms with van der Waals surface area (Å²) in [5, 5.41) is 6.76. The molecule has 6 nitrogen and oxygen atoms in total. The molecule has 0 atom stereocenters. The Bertz CT molecular complexity index is 1020. The van der Waals surface area contributed by atoms with E-state index in [4.69, 9.17) is 12.8 Å². The molecule has 0 aliphatic rings. The maximum atomic E-state index is 12.1. The van der Waals surface area contributed by atoms with Crippen molar-refractivity contribution in [1.82, 2.24) is 20.6 Å². The highest BCUT2D eigenvalue weighted by Crippen LogP contribution is 2.23. The molecule has 0 radical (unpaired) electrons. The third kappa shape index (κ3) is 3.31. The van der Waals surface area contributed by atoms with Crippen LogP contribution in [0.4, 0.5) is 0 Å². The Morgan fingerprint density at radius 2 is 1.15 bits per heavy atom. The first kappa shape index (κ1) is 16.9. The van der Waals surface area contributed by atoms with Crippen LogP contribution in [0.2, 0.25) is 0 Å². The average Bonchev–Trinajstić information content (AvgIpc) is 2.69. The first-order valence-electron chi connectivity index (χ1n) is 7.78. The van der Waals surface area contributed by atoms with Crippen molar-refractivity contribution in [3.05, 3.63) is 47.8 Å². The Labute approximate surface area is 150 Å². The molecule has 0 bridgehead atoms. The van der Waals surface area contributed by atoms with Gasteiger partial charge in [0.1, 0.15) is 11.4 Å². The summed E-state index contributed by atoms with van der Waals surface area (Å²) >= 11 is 0. The highest BCUT2D eigenvalue weighted by molar-refractivity contribution is 6.06. The number of fused-ring (bicyclic) bond motifs is 3. The fourth-order valence-electron chi connectivity index (χ4n) is 2.46. The molecule has 2 aromatic heterocycles. The first-order valence-corrected chi connectivity index (χ1v) is 7.78. The van der Waals surface area contributed by atoms with Crippen LogP contribution < -0.4 is 10.6 Å². The summed E-state index contributed by atoms with van der Waals surface area (Å²) in [5.74, 6) is 3.94. The molecule has 26 heavy (non-hydrogen) atoms. The molecule has 2 N–H and O–H groups in total. The van der Waals surface area contributed by atoms with E-state index in [9.17, 15) is 9.59 Å². The number of terminal acetylenes is 2. The second-order valence-corrected chi connectivity index (χ2v) is 5.38. The highest BCUT2D eigenvalue weighted by Gasteiger charge is 2.12. The summed E-state index contributed by atoms with van der Waals surface area (Å²) < 4.78 is 0. The summed E-state index contributed by atoms with van der Waals surface area (Å²) in [6, 6.07) is 10.5. The van der Waals surface area contributed by atoms with Crippen molar-refractivity contribution in [3.8, 4) is 24.7 Å². The van der Waals surface area contributed by atoms with E-state index in [1.807, 2.05) is 12.1 Å². The van der Waals surface area contributed by atoms with Crippen LogP contribution in [0, 0.1) is 24.7 Å². The predicted octanol–water partition coefficient (Wildman–Crippen LogP) is 1.51. The average molecular weight is 342 g/mol. The standard InChI is InChI=1S/C20H14N4O2/c1-3-11-21-19(25)15-9-7-13-5-6-14-8-10-16(20(26)22-12-4-2)24-18(14)17(13)23-15/h1-2,5-10H,11-12H2,(H,21,25)(H,22,26). The predicted molar refractivity (Wildman–Crippen MR) is 99.4 cm³/mol. The molecular formula is C20H14N4O2. The van der Waals surface area contributed by atoms with Gasteiger partial charge in [0, 0.05) is 10.8 Å². The topological polar surface area (TPSA) is 84.0 Å². The molecule has 6 heteroatoms. The molecule has 0 unspecified atom stereocenters. The lowest BCUT2D eigenvalue weighted by molar-refractivity contribution is 0.0946. The molecule has 126 valence electrons. The Morgan fingerprint density at radius 1 is 0.769 bits per heavy atom. The highest BCUT2D eigenvalue weighted by atomic mass is 16.2. The number of amides is 2. The summed E-state index contributed by atoms with van der Waals surface area (Å²) in [6.45, 7) is 0.234. The van der Waals surface area contributed by atoms with E-state index >= 15 is 0 Å². The van der Waals surface area contributed by atoms with Gasteiger partial charge < -0.3 is 10.6 Å². The van der Waals surface area contributed by atoms with Crippen LogP contribution in [0.15, 0.2) is 36.4 Å². The molecule has 3 rings (SSSR count). The minimum Gasteiger partial charge on any atom is -0.340 e. The molecule has 0 aliphatic carbocycles. The van der Waals surface area contributed by atoms with Crippen LogP contribution in [0.1, 0.15) is 21.0 Å². The first-order chi connectivity index (χ1) is 12.6. The lowest BCUT2D eigenvalue weighted by Crippen LogP contribution is -2.24. The van der Waals surface area contributed by atoms with E-state index in [1.165, 1.54) is 0 Å². The quantitative estimate of drug-likeness (QED) is 0.556. The zero-order valence-corrected chi connectivity index (χ0v) is 13.7. The third-order valence-corrected chi connectivity index (χ3v) is 3.69. The monoisotopic (exact) mass is 342 g/mol. The lowest BCUT2D eigenvalue weighted by atomic mass is 10.1. The smallest absolute Gasteiger partial charge is 0.270 e. The molecule has 0 fully saturated rings. The van der Waals surface area contributed by atoms with Crippen LogP contribution >= 0.6 is 0 Å². The van der Waals surface area contributed by atoms with Crippen molar-refractivity contribution in [2.45, 2.75) is 0 Å².